The summed E-state index contributed by atoms with van der Waals surface area (Å²) in [5.41, 5.74) is -0.217. The van der Waals surface area contributed by atoms with Crippen molar-refractivity contribution in [3.8, 4) is 0 Å². The number of nitrogens with one attached hydrogen (secondary N) is 2. The van der Waals surface area contributed by atoms with E-state index in [9.17, 15) is 16.8 Å². The van der Waals surface area contributed by atoms with Crippen molar-refractivity contribution in [2.24, 2.45) is 0 Å². The maximum absolute atomic E-state index is 12.7. The van der Waals surface area contributed by atoms with Gasteiger partial charge in [-0.1, -0.05) is 58.0 Å². The molecule has 0 bridgehead atoms. The number of benzene rings is 1. The molecule has 0 atom stereocenters. The van der Waals surface area contributed by atoms with Gasteiger partial charge >= 0.3 is 0 Å². The molecule has 0 radical (unpaired) electrons. The molecule has 0 aliphatic heterocycles. The number of hydrogen-bond acceptors (Lipinski definition) is 6. The van der Waals surface area contributed by atoms with Crippen molar-refractivity contribution in [1.29, 1.82) is 0 Å². The minimum atomic E-state index is -4.18. The highest BCUT2D eigenvalue weighted by atomic mass is 35.5. The van der Waals surface area contributed by atoms with Crippen LogP contribution in [0, 0.1) is 0 Å². The van der Waals surface area contributed by atoms with Gasteiger partial charge in [-0.2, -0.15) is 0 Å². The van der Waals surface area contributed by atoms with E-state index in [0.717, 1.165) is 22.7 Å². The van der Waals surface area contributed by atoms with E-state index in [0.29, 0.717) is 0 Å². The highest BCUT2D eigenvalue weighted by molar-refractivity contribution is 7.93. The van der Waals surface area contributed by atoms with Crippen molar-refractivity contribution in [3.05, 3.63) is 52.7 Å². The first-order valence-corrected chi connectivity index (χ1v) is 13.6. The van der Waals surface area contributed by atoms with E-state index in [-0.39, 0.29) is 43.5 Å². The summed E-state index contributed by atoms with van der Waals surface area (Å²) < 4.78 is 55.5. The topological polar surface area (TPSA) is 92.3 Å². The zero-order chi connectivity index (χ0) is 21.6. The van der Waals surface area contributed by atoms with E-state index in [1.807, 2.05) is 0 Å². The molecule has 0 spiro atoms. The summed E-state index contributed by atoms with van der Waals surface area (Å²) in [6.07, 6.45) is 0. The normalized spacial score (nSPS) is 12.2. The van der Waals surface area contributed by atoms with Crippen molar-refractivity contribution < 1.29 is 16.8 Å². The third-order valence-corrected chi connectivity index (χ3v) is 9.77. The molecule has 0 amide bonds. The van der Waals surface area contributed by atoms with Crippen LogP contribution in [-0.2, 0) is 20.0 Å². The Balaban J connectivity index is 2.01. The number of anilines is 2. The van der Waals surface area contributed by atoms with Crippen LogP contribution in [-0.4, -0.2) is 16.8 Å². The lowest BCUT2D eigenvalue weighted by Gasteiger charge is -2.14. The largest absolute Gasteiger partial charge is 0.277 e. The summed E-state index contributed by atoms with van der Waals surface area (Å²) in [4.78, 5) is -0.499. The molecule has 2 heterocycles. The second-order valence-corrected chi connectivity index (χ2v) is 13.6. The van der Waals surface area contributed by atoms with Crippen LogP contribution in [0.3, 0.4) is 0 Å². The standard InChI is InChI=1S/C14H7Cl5N2O4S4/c15-6-1-2-7(20-28(22,23)9-4-11(16)26-13(9)18)8(3-6)21-29(24,25)10-5-12(17)27-14(10)19/h1-5,20-21H. The summed E-state index contributed by atoms with van der Waals surface area (Å²) in [7, 11) is -8.34. The third kappa shape index (κ3) is 5.25. The monoisotopic (exact) mass is 570 g/mol. The molecule has 156 valence electrons. The van der Waals surface area contributed by atoms with Gasteiger partial charge in [0.2, 0.25) is 0 Å². The van der Waals surface area contributed by atoms with Crippen LogP contribution in [0.15, 0.2) is 40.1 Å². The second kappa shape index (κ2) is 8.60. The smallest absolute Gasteiger partial charge is 0.264 e. The highest BCUT2D eigenvalue weighted by Gasteiger charge is 2.25. The number of rotatable bonds is 6. The summed E-state index contributed by atoms with van der Waals surface area (Å²) in [6.45, 7) is 0. The fourth-order valence-electron chi connectivity index (χ4n) is 2.11. The lowest BCUT2D eigenvalue weighted by Crippen LogP contribution is -2.17. The van der Waals surface area contributed by atoms with Crippen LogP contribution in [0.1, 0.15) is 0 Å². The predicted molar refractivity (Wildman–Crippen MR) is 122 cm³/mol. The van der Waals surface area contributed by atoms with Crippen LogP contribution < -0.4 is 9.44 Å². The maximum atomic E-state index is 12.7. The Morgan fingerprint density at radius 1 is 0.655 bits per heavy atom. The van der Waals surface area contributed by atoms with Crippen molar-refractivity contribution >= 4 is 112 Å². The number of sulfonamides is 2. The van der Waals surface area contributed by atoms with Crippen LogP contribution in [0.5, 0.6) is 0 Å². The average Bonchev–Trinajstić information content (AvgIpc) is 3.11. The molecule has 6 nitrogen and oxygen atoms in total. The van der Waals surface area contributed by atoms with E-state index in [1.165, 1.54) is 30.3 Å². The van der Waals surface area contributed by atoms with E-state index >= 15 is 0 Å². The van der Waals surface area contributed by atoms with Gasteiger partial charge in [-0.25, -0.2) is 16.8 Å². The predicted octanol–water partition coefficient (Wildman–Crippen LogP) is 6.68. The molecule has 3 rings (SSSR count). The Hall–Kier alpha value is -0.430. The van der Waals surface area contributed by atoms with Gasteiger partial charge in [0.1, 0.15) is 18.5 Å². The molecule has 2 N–H and O–H groups in total. The van der Waals surface area contributed by atoms with Gasteiger partial charge in [0, 0.05) is 5.02 Å². The molecule has 29 heavy (non-hydrogen) atoms. The van der Waals surface area contributed by atoms with E-state index < -0.39 is 20.0 Å². The van der Waals surface area contributed by atoms with Crippen molar-refractivity contribution in [2.45, 2.75) is 9.79 Å². The fraction of sp³-hybridized carbons (Fsp3) is 0. The lowest BCUT2D eigenvalue weighted by atomic mass is 10.3. The Labute approximate surface area is 199 Å². The number of hydrogen-bond donors (Lipinski definition) is 2. The van der Waals surface area contributed by atoms with Gasteiger partial charge in [0.25, 0.3) is 20.0 Å². The van der Waals surface area contributed by atoms with Crippen LogP contribution in [0.4, 0.5) is 11.4 Å². The first-order chi connectivity index (χ1) is 13.4. The van der Waals surface area contributed by atoms with Gasteiger partial charge in [-0.3, -0.25) is 9.44 Å². The zero-order valence-corrected chi connectivity index (χ0v) is 20.6. The first-order valence-electron chi connectivity index (χ1n) is 7.14. The summed E-state index contributed by atoms with van der Waals surface area (Å²) >= 11 is 31.2. The molecule has 2 aromatic heterocycles. The minimum Gasteiger partial charge on any atom is -0.277 e. The summed E-state index contributed by atoms with van der Waals surface area (Å²) in [5, 5.41) is 0.164. The second-order valence-electron chi connectivity index (χ2n) is 5.28. The molecule has 1 aromatic carbocycles. The highest BCUT2D eigenvalue weighted by Crippen LogP contribution is 2.38. The summed E-state index contributed by atoms with van der Waals surface area (Å²) in [6, 6.07) is 6.28. The first kappa shape index (κ1) is 23.2. The quantitative estimate of drug-likeness (QED) is 0.345. The third-order valence-electron chi connectivity index (χ3n) is 3.30. The summed E-state index contributed by atoms with van der Waals surface area (Å²) in [5.74, 6) is 0. The molecule has 0 unspecified atom stereocenters. The number of halogens is 5. The maximum Gasteiger partial charge on any atom is 0.264 e. The van der Waals surface area contributed by atoms with E-state index in [1.54, 1.807) is 0 Å². The Morgan fingerprint density at radius 3 is 1.52 bits per heavy atom. The molecule has 0 aliphatic rings. The molecule has 3 aromatic rings. The van der Waals surface area contributed by atoms with Crippen LogP contribution in [0.25, 0.3) is 0 Å². The van der Waals surface area contributed by atoms with Crippen molar-refractivity contribution in [2.75, 3.05) is 9.44 Å². The van der Waals surface area contributed by atoms with Gasteiger partial charge in [-0.15, -0.1) is 22.7 Å². The average molecular weight is 573 g/mol. The Bertz CT molecular complexity index is 1300. The molecule has 0 fully saturated rings. The Morgan fingerprint density at radius 2 is 1.10 bits per heavy atom. The van der Waals surface area contributed by atoms with Crippen LogP contribution in [0.2, 0.25) is 22.4 Å². The SMILES string of the molecule is O=S(=O)(Nc1ccc(Cl)cc1NS(=O)(=O)c1cc(Cl)sc1Cl)c1cc(Cl)sc1Cl. The van der Waals surface area contributed by atoms with Gasteiger partial charge in [0.05, 0.1) is 20.0 Å². The van der Waals surface area contributed by atoms with Crippen LogP contribution >= 0.6 is 80.7 Å². The molecular weight excluding hydrogens is 566 g/mol. The molecular formula is C14H7Cl5N2O4S4. The zero-order valence-electron chi connectivity index (χ0n) is 13.5. The number of thiophene rings is 2. The molecule has 0 saturated carbocycles. The van der Waals surface area contributed by atoms with Crippen molar-refractivity contribution in [3.63, 3.8) is 0 Å². The molecule has 15 heteroatoms. The van der Waals surface area contributed by atoms with E-state index in [2.05, 4.69) is 9.44 Å². The van der Waals surface area contributed by atoms with Crippen molar-refractivity contribution in [1.82, 2.24) is 0 Å². The van der Waals surface area contributed by atoms with E-state index in [4.69, 9.17) is 58.0 Å². The molecule has 0 saturated heterocycles. The lowest BCUT2D eigenvalue weighted by molar-refractivity contribution is 0.599. The van der Waals surface area contributed by atoms with Gasteiger partial charge in [0.15, 0.2) is 0 Å². The fourth-order valence-corrected chi connectivity index (χ4v) is 8.73. The van der Waals surface area contributed by atoms with Gasteiger partial charge in [-0.05, 0) is 30.3 Å². The molecule has 0 aliphatic carbocycles. The van der Waals surface area contributed by atoms with Gasteiger partial charge < -0.3 is 0 Å². The Kier molecular flexibility index (Phi) is 6.89. The minimum absolute atomic E-state index is 0.0432.